The van der Waals surface area contributed by atoms with Crippen molar-refractivity contribution in [2.75, 3.05) is 13.1 Å². The smallest absolute Gasteiger partial charge is 0.326 e. The number of guanidine groups is 1. The first-order valence-electron chi connectivity index (χ1n) is 11.0. The van der Waals surface area contributed by atoms with Crippen LogP contribution in [0.3, 0.4) is 0 Å². The number of aliphatic imine (C=N–C) groups is 1. The zero-order chi connectivity index (χ0) is 27.4. The standard InChI is InChI=1S/C23H32N6O7/c1-4-29(18(31)10-7-14-5-8-15(9-6-14)26-23(24)25)12-17(30)27-16(11-19(32)33)21(34)28-20(13(2)3)22(35)36/h5-10,13,16,20H,4,11-12H2,1-3H3,(H,27,30)(H,28,34)(H,32,33)(H,35,36)(H4,24,25,26)/t16-,20-/m0/s1. The molecule has 0 saturated heterocycles. The van der Waals surface area contributed by atoms with Gasteiger partial charge in [-0.25, -0.2) is 9.79 Å². The van der Waals surface area contributed by atoms with E-state index in [9.17, 15) is 29.1 Å². The van der Waals surface area contributed by atoms with Crippen LogP contribution in [-0.2, 0) is 24.0 Å². The minimum Gasteiger partial charge on any atom is -0.481 e. The monoisotopic (exact) mass is 504 g/mol. The number of nitrogens with zero attached hydrogens (tertiary/aromatic N) is 2. The van der Waals surface area contributed by atoms with Crippen LogP contribution in [0.25, 0.3) is 6.08 Å². The number of likely N-dealkylation sites (N-methyl/N-ethyl adjacent to an activating group) is 1. The van der Waals surface area contributed by atoms with Crippen molar-refractivity contribution >= 4 is 47.4 Å². The number of hydrogen-bond donors (Lipinski definition) is 6. The summed E-state index contributed by atoms with van der Waals surface area (Å²) in [7, 11) is 0. The summed E-state index contributed by atoms with van der Waals surface area (Å²) in [5, 5.41) is 22.9. The molecule has 0 radical (unpaired) electrons. The summed E-state index contributed by atoms with van der Waals surface area (Å²) < 4.78 is 0. The van der Waals surface area contributed by atoms with Gasteiger partial charge in [-0.2, -0.15) is 0 Å². The van der Waals surface area contributed by atoms with E-state index >= 15 is 0 Å². The van der Waals surface area contributed by atoms with Gasteiger partial charge in [-0.15, -0.1) is 0 Å². The molecule has 0 bridgehead atoms. The van der Waals surface area contributed by atoms with Crippen molar-refractivity contribution in [3.63, 3.8) is 0 Å². The number of hydrogen-bond acceptors (Lipinski definition) is 6. The van der Waals surface area contributed by atoms with Crippen molar-refractivity contribution in [1.29, 1.82) is 0 Å². The van der Waals surface area contributed by atoms with Crippen LogP contribution >= 0.6 is 0 Å². The first-order valence-corrected chi connectivity index (χ1v) is 11.0. The summed E-state index contributed by atoms with van der Waals surface area (Å²) >= 11 is 0. The highest BCUT2D eigenvalue weighted by Crippen LogP contribution is 2.13. The lowest BCUT2D eigenvalue weighted by Crippen LogP contribution is -2.55. The van der Waals surface area contributed by atoms with Gasteiger partial charge in [-0.3, -0.25) is 19.2 Å². The number of benzene rings is 1. The van der Waals surface area contributed by atoms with Gasteiger partial charge in [0.05, 0.1) is 18.7 Å². The molecule has 1 rings (SSSR count). The highest BCUT2D eigenvalue weighted by molar-refractivity contribution is 5.96. The number of carboxylic acid groups (broad SMARTS) is 2. The van der Waals surface area contributed by atoms with Crippen molar-refractivity contribution in [2.24, 2.45) is 22.4 Å². The normalized spacial score (nSPS) is 12.4. The summed E-state index contributed by atoms with van der Waals surface area (Å²) in [6.07, 6.45) is 2.02. The minimum absolute atomic E-state index is 0.0879. The molecular formula is C23H32N6O7. The molecule has 2 atom stereocenters. The van der Waals surface area contributed by atoms with Gasteiger partial charge in [0.25, 0.3) is 0 Å². The third-order valence-corrected chi connectivity index (χ3v) is 4.86. The van der Waals surface area contributed by atoms with Crippen molar-refractivity contribution in [3.8, 4) is 0 Å². The van der Waals surface area contributed by atoms with Gasteiger partial charge in [0.15, 0.2) is 5.96 Å². The maximum Gasteiger partial charge on any atom is 0.326 e. The maximum absolute atomic E-state index is 12.6. The zero-order valence-corrected chi connectivity index (χ0v) is 20.3. The fourth-order valence-electron chi connectivity index (χ4n) is 2.99. The Kier molecular flexibility index (Phi) is 11.6. The SMILES string of the molecule is CCN(CC(=O)N[C@@H](CC(=O)O)C(=O)N[C@H](C(=O)O)C(C)C)C(=O)C=Cc1ccc(N=C(N)N)cc1. The Labute approximate surface area is 208 Å². The fourth-order valence-corrected chi connectivity index (χ4v) is 2.99. The summed E-state index contributed by atoms with van der Waals surface area (Å²) in [5.74, 6) is -5.46. The molecular weight excluding hydrogens is 472 g/mol. The topological polar surface area (TPSA) is 218 Å². The Morgan fingerprint density at radius 3 is 2.14 bits per heavy atom. The van der Waals surface area contributed by atoms with Crippen molar-refractivity contribution in [2.45, 2.75) is 39.3 Å². The second kappa shape index (κ2) is 14.1. The molecule has 8 N–H and O–H groups in total. The molecule has 0 unspecified atom stereocenters. The largest absolute Gasteiger partial charge is 0.481 e. The number of nitrogens with two attached hydrogens (primary N) is 2. The summed E-state index contributed by atoms with van der Waals surface area (Å²) in [5.41, 5.74) is 11.9. The fraction of sp³-hybridized carbons (Fsp3) is 0.391. The number of nitrogens with one attached hydrogen (secondary N) is 2. The Bertz CT molecular complexity index is 1020. The lowest BCUT2D eigenvalue weighted by molar-refractivity contribution is -0.144. The van der Waals surface area contributed by atoms with Crippen LogP contribution in [0.2, 0.25) is 0 Å². The second-order valence-electron chi connectivity index (χ2n) is 8.10. The van der Waals surface area contributed by atoms with Crippen LogP contribution in [0.1, 0.15) is 32.8 Å². The van der Waals surface area contributed by atoms with E-state index in [1.165, 1.54) is 17.1 Å². The Hall–Kier alpha value is -4.42. The molecule has 0 spiro atoms. The number of carbonyl (C=O) groups excluding carboxylic acids is 3. The molecule has 13 nitrogen and oxygen atoms in total. The van der Waals surface area contributed by atoms with Gasteiger partial charge in [0, 0.05) is 12.6 Å². The van der Waals surface area contributed by atoms with Crippen molar-refractivity contribution in [3.05, 3.63) is 35.9 Å². The Morgan fingerprint density at radius 1 is 1.06 bits per heavy atom. The zero-order valence-electron chi connectivity index (χ0n) is 20.3. The molecule has 0 aliphatic heterocycles. The average Bonchev–Trinajstić information content (AvgIpc) is 2.78. The van der Waals surface area contributed by atoms with Gasteiger partial charge in [0.1, 0.15) is 12.1 Å². The summed E-state index contributed by atoms with van der Waals surface area (Å²) in [6.45, 7) is 4.49. The lowest BCUT2D eigenvalue weighted by Gasteiger charge is -2.24. The highest BCUT2D eigenvalue weighted by atomic mass is 16.4. The average molecular weight is 505 g/mol. The number of carboxylic acids is 2. The molecule has 1 aromatic carbocycles. The number of amides is 3. The van der Waals surface area contributed by atoms with E-state index in [0.29, 0.717) is 11.3 Å². The maximum atomic E-state index is 12.6. The van der Waals surface area contributed by atoms with E-state index in [0.717, 1.165) is 0 Å². The number of aliphatic carboxylic acids is 2. The van der Waals surface area contributed by atoms with Crippen molar-refractivity contribution < 1.29 is 34.2 Å². The Morgan fingerprint density at radius 2 is 1.67 bits per heavy atom. The van der Waals surface area contributed by atoms with Crippen LogP contribution < -0.4 is 22.1 Å². The highest BCUT2D eigenvalue weighted by Gasteiger charge is 2.30. The Balaban J connectivity index is 2.85. The van der Waals surface area contributed by atoms with E-state index in [1.54, 1.807) is 45.0 Å². The number of carbonyl (C=O) groups is 5. The quantitative estimate of drug-likeness (QED) is 0.117. The molecule has 0 fully saturated rings. The predicted molar refractivity (Wildman–Crippen MR) is 132 cm³/mol. The third-order valence-electron chi connectivity index (χ3n) is 4.86. The summed E-state index contributed by atoms with van der Waals surface area (Å²) in [6, 6.07) is 3.88. The van der Waals surface area contributed by atoms with E-state index in [4.69, 9.17) is 16.6 Å². The lowest BCUT2D eigenvalue weighted by atomic mass is 10.0. The van der Waals surface area contributed by atoms with Gasteiger partial charge in [0.2, 0.25) is 17.7 Å². The van der Waals surface area contributed by atoms with Gasteiger partial charge >= 0.3 is 11.9 Å². The van der Waals surface area contributed by atoms with Gasteiger partial charge < -0.3 is 37.2 Å². The molecule has 13 heteroatoms. The first kappa shape index (κ1) is 29.6. The van der Waals surface area contributed by atoms with Crippen LogP contribution in [0, 0.1) is 5.92 Å². The van der Waals surface area contributed by atoms with Crippen LogP contribution in [-0.4, -0.2) is 75.9 Å². The molecule has 3 amide bonds. The van der Waals surface area contributed by atoms with Gasteiger partial charge in [-0.1, -0.05) is 26.0 Å². The van der Waals surface area contributed by atoms with Crippen LogP contribution in [0.5, 0.6) is 0 Å². The number of rotatable bonds is 13. The molecule has 196 valence electrons. The van der Waals surface area contributed by atoms with E-state index in [-0.39, 0.29) is 12.5 Å². The van der Waals surface area contributed by atoms with Crippen LogP contribution in [0.4, 0.5) is 5.69 Å². The molecule has 0 aromatic heterocycles. The molecule has 1 aromatic rings. The predicted octanol–water partition coefficient (Wildman–Crippen LogP) is -0.362. The first-order chi connectivity index (χ1) is 16.8. The third kappa shape index (κ3) is 10.2. The summed E-state index contributed by atoms with van der Waals surface area (Å²) in [4.78, 5) is 65.2. The minimum atomic E-state index is -1.52. The van der Waals surface area contributed by atoms with E-state index in [1.807, 2.05) is 0 Å². The van der Waals surface area contributed by atoms with E-state index < -0.39 is 60.6 Å². The molecule has 0 aliphatic rings. The second-order valence-corrected chi connectivity index (χ2v) is 8.10. The molecule has 36 heavy (non-hydrogen) atoms. The molecule has 0 heterocycles. The van der Waals surface area contributed by atoms with Gasteiger partial charge in [-0.05, 0) is 36.6 Å². The molecule has 0 aliphatic carbocycles. The van der Waals surface area contributed by atoms with E-state index in [2.05, 4.69) is 15.6 Å². The van der Waals surface area contributed by atoms with Crippen molar-refractivity contribution in [1.82, 2.24) is 15.5 Å². The molecule has 0 saturated carbocycles. The van der Waals surface area contributed by atoms with Crippen LogP contribution in [0.15, 0.2) is 35.3 Å².